The number of carbonyl (C=O) groups is 1. The van der Waals surface area contributed by atoms with Gasteiger partial charge < -0.3 is 14.9 Å². The third-order valence-electron chi connectivity index (χ3n) is 5.68. The maximum Gasteiger partial charge on any atom is 0.308 e. The Morgan fingerprint density at radius 1 is 1.22 bits per heavy atom. The van der Waals surface area contributed by atoms with Crippen molar-refractivity contribution in [2.75, 3.05) is 0 Å². The van der Waals surface area contributed by atoms with Gasteiger partial charge in [0, 0.05) is 12.3 Å². The van der Waals surface area contributed by atoms with Gasteiger partial charge in [-0.15, -0.1) is 0 Å². The minimum atomic E-state index is -0.568. The molecule has 0 aromatic heterocycles. The van der Waals surface area contributed by atoms with Crippen molar-refractivity contribution in [3.8, 4) is 0 Å². The largest absolute Gasteiger partial charge is 0.462 e. The molecule has 0 spiro atoms. The smallest absolute Gasteiger partial charge is 0.308 e. The highest BCUT2D eigenvalue weighted by atomic mass is 16.5. The van der Waals surface area contributed by atoms with Crippen LogP contribution in [0, 0.1) is 23.7 Å². The molecule has 2 N–H and O–H groups in total. The molecule has 128 valence electrons. The van der Waals surface area contributed by atoms with E-state index >= 15 is 0 Å². The molecule has 4 nitrogen and oxygen atoms in total. The van der Waals surface area contributed by atoms with E-state index in [4.69, 9.17) is 4.74 Å². The van der Waals surface area contributed by atoms with E-state index in [0.29, 0.717) is 24.2 Å². The fraction of sp³-hybridized carbons (Fsp3) is 0.737. The van der Waals surface area contributed by atoms with Crippen LogP contribution in [0.3, 0.4) is 0 Å². The molecule has 0 radical (unpaired) electrons. The topological polar surface area (TPSA) is 66.8 Å². The summed E-state index contributed by atoms with van der Waals surface area (Å²) >= 11 is 0. The van der Waals surface area contributed by atoms with Gasteiger partial charge >= 0.3 is 5.97 Å². The average molecular weight is 320 g/mol. The third-order valence-corrected chi connectivity index (χ3v) is 5.68. The lowest BCUT2D eigenvalue weighted by atomic mass is 9.65. The fourth-order valence-corrected chi connectivity index (χ4v) is 4.55. The van der Waals surface area contributed by atoms with E-state index in [-0.39, 0.29) is 30.5 Å². The van der Waals surface area contributed by atoms with Crippen molar-refractivity contribution in [2.45, 2.75) is 64.3 Å². The van der Waals surface area contributed by atoms with Crippen molar-refractivity contribution in [3.05, 3.63) is 23.8 Å². The Labute approximate surface area is 138 Å². The van der Waals surface area contributed by atoms with E-state index < -0.39 is 6.10 Å². The number of hydrogen-bond donors (Lipinski definition) is 2. The summed E-state index contributed by atoms with van der Waals surface area (Å²) in [7, 11) is 0. The molecule has 0 amide bonds. The van der Waals surface area contributed by atoms with Gasteiger partial charge in [0.15, 0.2) is 0 Å². The van der Waals surface area contributed by atoms with Crippen LogP contribution < -0.4 is 0 Å². The first-order chi connectivity index (χ1) is 10.9. The summed E-state index contributed by atoms with van der Waals surface area (Å²) < 4.78 is 5.37. The number of aliphatic hydroxyl groups is 2. The number of esters is 1. The predicted molar refractivity (Wildman–Crippen MR) is 87.5 cm³/mol. The molecule has 2 aliphatic carbocycles. The van der Waals surface area contributed by atoms with Gasteiger partial charge in [0.25, 0.3) is 0 Å². The van der Waals surface area contributed by atoms with Gasteiger partial charge in [0.1, 0.15) is 6.10 Å². The molecule has 1 aliphatic heterocycles. The molecule has 23 heavy (non-hydrogen) atoms. The first kappa shape index (κ1) is 16.7. The summed E-state index contributed by atoms with van der Waals surface area (Å²) in [6, 6.07) is 0. The average Bonchev–Trinajstić information content (AvgIpc) is 2.45. The second kappa shape index (κ2) is 6.78. The molecule has 3 rings (SSSR count). The number of carbonyl (C=O) groups excluding carboxylic acids is 1. The Hall–Kier alpha value is -1.13. The first-order valence-corrected chi connectivity index (χ1v) is 8.89. The number of rotatable bonds is 3. The molecule has 1 saturated heterocycles. The zero-order valence-electron chi connectivity index (χ0n) is 14.0. The van der Waals surface area contributed by atoms with Gasteiger partial charge in [0.2, 0.25) is 0 Å². The monoisotopic (exact) mass is 320 g/mol. The number of ether oxygens (including phenoxy) is 1. The van der Waals surface area contributed by atoms with E-state index in [9.17, 15) is 15.0 Å². The highest BCUT2D eigenvalue weighted by molar-refractivity contribution is 5.70. The SMILES string of the molecule is C[C@@H]1C=CC2=C[C@H](C)C[C@H](O)[C@@H]2[C@H]1CC[C@@H]1C[C@@H](O)CC(=O)O1. The van der Waals surface area contributed by atoms with Crippen LogP contribution in [0.1, 0.15) is 46.0 Å². The molecule has 0 aromatic rings. The summed E-state index contributed by atoms with van der Waals surface area (Å²) in [5, 5.41) is 20.3. The minimum absolute atomic E-state index is 0.116. The highest BCUT2D eigenvalue weighted by Gasteiger charge is 2.39. The van der Waals surface area contributed by atoms with E-state index in [2.05, 4.69) is 32.1 Å². The van der Waals surface area contributed by atoms with Gasteiger partial charge in [-0.2, -0.15) is 0 Å². The molecule has 0 bridgehead atoms. The molecule has 4 heteroatoms. The summed E-state index contributed by atoms with van der Waals surface area (Å²) in [6.45, 7) is 4.35. The predicted octanol–water partition coefficient (Wildman–Crippen LogP) is 2.60. The van der Waals surface area contributed by atoms with Gasteiger partial charge in [0.05, 0.1) is 18.6 Å². The lowest BCUT2D eigenvalue weighted by Gasteiger charge is -2.42. The van der Waals surface area contributed by atoms with E-state index in [1.807, 2.05) is 0 Å². The number of cyclic esters (lactones) is 1. The van der Waals surface area contributed by atoms with E-state index in [1.54, 1.807) is 0 Å². The van der Waals surface area contributed by atoms with Crippen LogP contribution in [0.5, 0.6) is 0 Å². The molecule has 0 saturated carbocycles. The maximum absolute atomic E-state index is 11.5. The highest BCUT2D eigenvalue weighted by Crippen LogP contribution is 2.43. The Balaban J connectivity index is 1.67. The fourth-order valence-electron chi connectivity index (χ4n) is 4.55. The Morgan fingerprint density at radius 2 is 2.00 bits per heavy atom. The zero-order valence-corrected chi connectivity index (χ0v) is 14.0. The number of aliphatic hydroxyl groups excluding tert-OH is 2. The van der Waals surface area contributed by atoms with Gasteiger partial charge in [-0.1, -0.05) is 32.1 Å². The van der Waals surface area contributed by atoms with Crippen molar-refractivity contribution < 1.29 is 19.7 Å². The second-order valence-corrected chi connectivity index (χ2v) is 7.64. The molecular formula is C19H28O4. The van der Waals surface area contributed by atoms with E-state index in [0.717, 1.165) is 19.3 Å². The van der Waals surface area contributed by atoms with E-state index in [1.165, 1.54) is 5.57 Å². The maximum atomic E-state index is 11.5. The first-order valence-electron chi connectivity index (χ1n) is 8.89. The van der Waals surface area contributed by atoms with Crippen LogP contribution in [-0.2, 0) is 9.53 Å². The normalized spacial score (nSPS) is 43.6. The van der Waals surface area contributed by atoms with Crippen LogP contribution in [-0.4, -0.2) is 34.5 Å². The van der Waals surface area contributed by atoms with Crippen molar-refractivity contribution in [1.29, 1.82) is 0 Å². The lowest BCUT2D eigenvalue weighted by molar-refractivity contribution is -0.160. The summed E-state index contributed by atoms with van der Waals surface area (Å²) in [6.07, 6.45) is 8.80. The third kappa shape index (κ3) is 3.69. The summed E-state index contributed by atoms with van der Waals surface area (Å²) in [5.74, 6) is 1.09. The Kier molecular flexibility index (Phi) is 4.93. The molecule has 1 fully saturated rings. The van der Waals surface area contributed by atoms with Crippen LogP contribution in [0.2, 0.25) is 0 Å². The number of hydrogen-bond acceptors (Lipinski definition) is 4. The van der Waals surface area contributed by atoms with Gasteiger partial charge in [-0.05, 0) is 42.6 Å². The molecule has 0 aromatic carbocycles. The molecule has 3 aliphatic rings. The van der Waals surface area contributed by atoms with Crippen LogP contribution in [0.15, 0.2) is 23.8 Å². The number of fused-ring (bicyclic) bond motifs is 1. The molecule has 7 atom stereocenters. The van der Waals surface area contributed by atoms with Gasteiger partial charge in [-0.25, -0.2) is 0 Å². The van der Waals surface area contributed by atoms with Crippen LogP contribution >= 0.6 is 0 Å². The second-order valence-electron chi connectivity index (χ2n) is 7.64. The van der Waals surface area contributed by atoms with Gasteiger partial charge in [-0.3, -0.25) is 4.79 Å². The van der Waals surface area contributed by atoms with Crippen molar-refractivity contribution in [2.24, 2.45) is 23.7 Å². The van der Waals surface area contributed by atoms with Crippen molar-refractivity contribution >= 4 is 5.97 Å². The van der Waals surface area contributed by atoms with Crippen molar-refractivity contribution in [3.63, 3.8) is 0 Å². The lowest BCUT2D eigenvalue weighted by Crippen LogP contribution is -2.39. The van der Waals surface area contributed by atoms with Crippen molar-refractivity contribution in [1.82, 2.24) is 0 Å². The minimum Gasteiger partial charge on any atom is -0.462 e. The zero-order chi connectivity index (χ0) is 16.6. The Bertz CT molecular complexity index is 509. The molecule has 1 heterocycles. The standard InChI is InChI=1S/C19H28O4/c1-11-7-13-4-3-12(2)16(19(13)17(21)8-11)6-5-15-9-14(20)10-18(22)23-15/h3-4,7,11-12,14-17,19-21H,5-6,8-10H2,1-2H3/t11-,12+,14+,15+,16-,17-,19-/m0/s1. The quantitative estimate of drug-likeness (QED) is 0.785. The molecular weight excluding hydrogens is 292 g/mol. The van der Waals surface area contributed by atoms with Crippen LogP contribution in [0.4, 0.5) is 0 Å². The number of allylic oxidation sites excluding steroid dienone is 3. The summed E-state index contributed by atoms with van der Waals surface area (Å²) in [4.78, 5) is 11.5. The Morgan fingerprint density at radius 3 is 2.74 bits per heavy atom. The summed E-state index contributed by atoms with van der Waals surface area (Å²) in [5.41, 5.74) is 1.26. The molecule has 0 unspecified atom stereocenters. The van der Waals surface area contributed by atoms with Crippen LogP contribution in [0.25, 0.3) is 0 Å².